The lowest BCUT2D eigenvalue weighted by Gasteiger charge is -2.43. The molecule has 1 saturated carbocycles. The summed E-state index contributed by atoms with van der Waals surface area (Å²) in [5.74, 6) is 0. The summed E-state index contributed by atoms with van der Waals surface area (Å²) in [6.07, 6.45) is 7.36. The lowest BCUT2D eigenvalue weighted by atomic mass is 9.75. The number of hydrogen-bond acceptors (Lipinski definition) is 3. The van der Waals surface area contributed by atoms with Gasteiger partial charge in [-0.05, 0) is 48.0 Å². The lowest BCUT2D eigenvalue weighted by Crippen LogP contribution is -2.44. The van der Waals surface area contributed by atoms with E-state index in [2.05, 4.69) is 33.3 Å². The van der Waals surface area contributed by atoms with E-state index >= 15 is 0 Å². The maximum Gasteiger partial charge on any atom is 0.283 e. The molecule has 4 nitrogen and oxygen atoms in total. The van der Waals surface area contributed by atoms with Crippen LogP contribution < -0.4 is 10.9 Å². The van der Waals surface area contributed by atoms with Crippen LogP contribution in [0.5, 0.6) is 0 Å². The molecule has 0 aromatic carbocycles. The fraction of sp³-hybridized carbons (Fsp3) is 0.692. The average molecular weight is 314 g/mol. The van der Waals surface area contributed by atoms with Gasteiger partial charge in [-0.15, -0.1) is 0 Å². The van der Waals surface area contributed by atoms with Crippen LogP contribution in [0.25, 0.3) is 0 Å². The summed E-state index contributed by atoms with van der Waals surface area (Å²) in [7, 11) is 0. The minimum atomic E-state index is -0.0487. The Morgan fingerprint density at radius 1 is 1.50 bits per heavy atom. The van der Waals surface area contributed by atoms with Gasteiger partial charge in [-0.25, -0.2) is 4.68 Å². The summed E-state index contributed by atoms with van der Waals surface area (Å²) >= 11 is 3.40. The Morgan fingerprint density at radius 3 is 2.72 bits per heavy atom. The maximum absolute atomic E-state index is 12.1. The molecular formula is C13H20BrN3O. The van der Waals surface area contributed by atoms with E-state index in [1.54, 1.807) is 6.20 Å². The molecule has 1 fully saturated rings. The fourth-order valence-electron chi connectivity index (χ4n) is 2.38. The van der Waals surface area contributed by atoms with E-state index in [0.29, 0.717) is 11.0 Å². The summed E-state index contributed by atoms with van der Waals surface area (Å²) in [4.78, 5) is 12.1. The molecule has 1 heterocycles. The number of nitrogens with zero attached hydrogens (tertiary/aromatic N) is 2. The molecule has 2 rings (SSSR count). The SMILES string of the molecule is CCCn1ncc(NC2(CC)CCC2)c(Br)c1=O. The van der Waals surface area contributed by atoms with Crippen LogP contribution in [-0.4, -0.2) is 15.3 Å². The fourth-order valence-corrected chi connectivity index (χ4v) is 2.79. The lowest BCUT2D eigenvalue weighted by molar-refractivity contribution is 0.269. The predicted octanol–water partition coefficient (Wildman–Crippen LogP) is 3.16. The standard InChI is InChI=1S/C13H20BrN3O/c1-3-8-17-12(18)11(14)10(9-15-17)16-13(4-2)6-5-7-13/h9,16H,3-8H2,1-2H3. The van der Waals surface area contributed by atoms with Gasteiger partial charge in [-0.3, -0.25) is 4.79 Å². The van der Waals surface area contributed by atoms with Crippen LogP contribution in [0.15, 0.2) is 15.5 Å². The highest BCUT2D eigenvalue weighted by atomic mass is 79.9. The molecule has 1 aromatic heterocycles. The van der Waals surface area contributed by atoms with Crippen molar-refractivity contribution < 1.29 is 0 Å². The van der Waals surface area contributed by atoms with Crippen LogP contribution in [0.3, 0.4) is 0 Å². The van der Waals surface area contributed by atoms with E-state index in [4.69, 9.17) is 0 Å². The Bertz CT molecular complexity index is 474. The second kappa shape index (κ2) is 5.43. The number of aryl methyl sites for hydroxylation is 1. The highest BCUT2D eigenvalue weighted by Crippen LogP contribution is 2.38. The van der Waals surface area contributed by atoms with Crippen molar-refractivity contribution in [2.75, 3.05) is 5.32 Å². The number of halogens is 1. The molecule has 1 aliphatic carbocycles. The van der Waals surface area contributed by atoms with Gasteiger partial charge in [-0.1, -0.05) is 13.8 Å². The third-order valence-electron chi connectivity index (χ3n) is 3.81. The van der Waals surface area contributed by atoms with E-state index in [1.165, 1.54) is 23.9 Å². The summed E-state index contributed by atoms with van der Waals surface area (Å²) in [6, 6.07) is 0. The Balaban J connectivity index is 2.24. The van der Waals surface area contributed by atoms with Gasteiger partial charge in [0.15, 0.2) is 0 Å². The Morgan fingerprint density at radius 2 is 2.22 bits per heavy atom. The second-order valence-electron chi connectivity index (χ2n) is 5.01. The Kier molecular flexibility index (Phi) is 4.10. The molecule has 0 spiro atoms. The Labute approximate surface area is 116 Å². The average Bonchev–Trinajstić information content (AvgIpc) is 2.33. The van der Waals surface area contributed by atoms with Gasteiger partial charge in [-0.2, -0.15) is 5.10 Å². The first kappa shape index (κ1) is 13.6. The highest BCUT2D eigenvalue weighted by Gasteiger charge is 2.35. The van der Waals surface area contributed by atoms with Crippen LogP contribution in [0.1, 0.15) is 46.0 Å². The Hall–Kier alpha value is -0.840. The number of aromatic nitrogens is 2. The first-order chi connectivity index (χ1) is 8.62. The van der Waals surface area contributed by atoms with Crippen LogP contribution in [0, 0.1) is 0 Å². The predicted molar refractivity (Wildman–Crippen MR) is 77.0 cm³/mol. The monoisotopic (exact) mass is 313 g/mol. The molecule has 5 heteroatoms. The molecule has 0 amide bonds. The zero-order chi connectivity index (χ0) is 13.2. The molecule has 0 saturated heterocycles. The smallest absolute Gasteiger partial charge is 0.283 e. The van der Waals surface area contributed by atoms with Gasteiger partial charge in [0.1, 0.15) is 4.47 Å². The highest BCUT2D eigenvalue weighted by molar-refractivity contribution is 9.10. The van der Waals surface area contributed by atoms with Crippen molar-refractivity contribution in [3.63, 3.8) is 0 Å². The van der Waals surface area contributed by atoms with Gasteiger partial charge in [0.2, 0.25) is 0 Å². The van der Waals surface area contributed by atoms with Crippen molar-refractivity contribution in [2.24, 2.45) is 0 Å². The van der Waals surface area contributed by atoms with Gasteiger partial charge in [0.25, 0.3) is 5.56 Å². The number of nitrogens with one attached hydrogen (secondary N) is 1. The quantitative estimate of drug-likeness (QED) is 0.908. The number of anilines is 1. The van der Waals surface area contributed by atoms with E-state index in [-0.39, 0.29) is 11.1 Å². The van der Waals surface area contributed by atoms with E-state index in [9.17, 15) is 4.79 Å². The molecule has 1 N–H and O–H groups in total. The van der Waals surface area contributed by atoms with Crippen molar-refractivity contribution in [3.05, 3.63) is 21.0 Å². The first-order valence-corrected chi connectivity index (χ1v) is 7.45. The summed E-state index contributed by atoms with van der Waals surface area (Å²) < 4.78 is 2.11. The molecule has 1 aliphatic rings. The molecular weight excluding hydrogens is 294 g/mol. The van der Waals surface area contributed by atoms with Crippen LogP contribution in [-0.2, 0) is 6.54 Å². The third-order valence-corrected chi connectivity index (χ3v) is 4.57. The minimum absolute atomic E-state index is 0.0487. The van der Waals surface area contributed by atoms with Gasteiger partial charge in [0.05, 0.1) is 11.9 Å². The van der Waals surface area contributed by atoms with Crippen molar-refractivity contribution in [1.29, 1.82) is 0 Å². The van der Waals surface area contributed by atoms with Crippen LogP contribution >= 0.6 is 15.9 Å². The second-order valence-corrected chi connectivity index (χ2v) is 5.81. The van der Waals surface area contributed by atoms with Crippen molar-refractivity contribution in [3.8, 4) is 0 Å². The zero-order valence-electron chi connectivity index (χ0n) is 11.0. The molecule has 18 heavy (non-hydrogen) atoms. The van der Waals surface area contributed by atoms with Crippen molar-refractivity contribution in [1.82, 2.24) is 9.78 Å². The topological polar surface area (TPSA) is 46.9 Å². The summed E-state index contributed by atoms with van der Waals surface area (Å²) in [5.41, 5.74) is 0.953. The summed E-state index contributed by atoms with van der Waals surface area (Å²) in [5, 5.41) is 7.71. The normalized spacial score (nSPS) is 17.3. The molecule has 0 unspecified atom stereocenters. The maximum atomic E-state index is 12.1. The van der Waals surface area contributed by atoms with Crippen molar-refractivity contribution in [2.45, 2.75) is 58.0 Å². The first-order valence-electron chi connectivity index (χ1n) is 6.65. The molecule has 0 atom stereocenters. The van der Waals surface area contributed by atoms with Crippen molar-refractivity contribution >= 4 is 21.6 Å². The largest absolute Gasteiger partial charge is 0.377 e. The molecule has 0 bridgehead atoms. The van der Waals surface area contributed by atoms with E-state index in [1.807, 2.05) is 6.92 Å². The zero-order valence-corrected chi connectivity index (χ0v) is 12.6. The third kappa shape index (κ3) is 2.46. The summed E-state index contributed by atoms with van der Waals surface area (Å²) in [6.45, 7) is 4.89. The van der Waals surface area contributed by atoms with Gasteiger partial charge >= 0.3 is 0 Å². The molecule has 1 aromatic rings. The minimum Gasteiger partial charge on any atom is -0.377 e. The number of hydrogen-bond donors (Lipinski definition) is 1. The van der Waals surface area contributed by atoms with E-state index < -0.39 is 0 Å². The van der Waals surface area contributed by atoms with Crippen LogP contribution in [0.4, 0.5) is 5.69 Å². The molecule has 100 valence electrons. The van der Waals surface area contributed by atoms with E-state index in [0.717, 1.165) is 18.5 Å². The molecule has 0 radical (unpaired) electrons. The van der Waals surface area contributed by atoms with Gasteiger partial charge < -0.3 is 5.32 Å². The number of rotatable bonds is 5. The molecule has 0 aliphatic heterocycles. The van der Waals surface area contributed by atoms with Crippen LogP contribution in [0.2, 0.25) is 0 Å². The van der Waals surface area contributed by atoms with Gasteiger partial charge in [0, 0.05) is 12.1 Å².